The van der Waals surface area contributed by atoms with E-state index in [-0.39, 0.29) is 42.8 Å². The second kappa shape index (κ2) is 10.8. The first-order valence-electron chi connectivity index (χ1n) is 11.5. The van der Waals surface area contributed by atoms with E-state index < -0.39 is 28.2 Å². The van der Waals surface area contributed by atoms with Crippen LogP contribution < -0.4 is 15.4 Å². The molecule has 0 saturated carbocycles. The van der Waals surface area contributed by atoms with Crippen LogP contribution in [0.5, 0.6) is 5.75 Å². The molecule has 0 spiro atoms. The normalized spacial score (nSPS) is 19.2. The number of rotatable bonds is 7. The fourth-order valence-electron chi connectivity index (χ4n) is 3.84. The van der Waals surface area contributed by atoms with E-state index in [9.17, 15) is 23.1 Å². The number of sulfonamides is 1. The molecule has 3 amide bonds. The Hall–Kier alpha value is -3.16. The van der Waals surface area contributed by atoms with Crippen molar-refractivity contribution >= 4 is 33.3 Å². The van der Waals surface area contributed by atoms with Crippen molar-refractivity contribution in [3.63, 3.8) is 0 Å². The van der Waals surface area contributed by atoms with E-state index in [1.165, 1.54) is 22.3 Å². The first kappa shape index (κ1) is 27.4. The van der Waals surface area contributed by atoms with Crippen LogP contribution in [0.15, 0.2) is 22.7 Å². The van der Waals surface area contributed by atoms with Crippen LogP contribution >= 0.6 is 0 Å². The van der Waals surface area contributed by atoms with Gasteiger partial charge in [-0.3, -0.25) is 4.79 Å². The summed E-state index contributed by atoms with van der Waals surface area (Å²) >= 11 is 0. The van der Waals surface area contributed by atoms with Gasteiger partial charge in [-0.2, -0.15) is 0 Å². The number of amides is 3. The van der Waals surface area contributed by atoms with Crippen LogP contribution in [0.4, 0.5) is 16.2 Å². The van der Waals surface area contributed by atoms with E-state index in [1.54, 1.807) is 32.9 Å². The van der Waals surface area contributed by atoms with Crippen LogP contribution in [0.25, 0.3) is 0 Å². The Labute approximate surface area is 210 Å². The lowest BCUT2D eigenvalue weighted by Crippen LogP contribution is -2.50. The average molecular weight is 524 g/mol. The number of urea groups is 1. The number of aromatic nitrogens is 1. The smallest absolute Gasteiger partial charge is 0.323 e. The van der Waals surface area contributed by atoms with Crippen molar-refractivity contribution in [1.29, 1.82) is 0 Å². The Morgan fingerprint density at radius 1 is 1.33 bits per heavy atom. The van der Waals surface area contributed by atoms with Gasteiger partial charge in [0.1, 0.15) is 23.2 Å². The van der Waals surface area contributed by atoms with Gasteiger partial charge < -0.3 is 29.9 Å². The molecule has 198 valence electrons. The standard InChI is InChI=1S/C23H33N5O7S/c1-13-10-28(14(2)12-29)22(30)18-9-17(24-23(31)25-21-15(3)26-35-16(21)4)7-8-19(18)34-20(13)11-27(5)36(6,32)33/h7-9,13-14,20,29H,10-12H2,1-6H3,(H2,24,25,31)/t13-,14-,20-/m1/s1. The van der Waals surface area contributed by atoms with Crippen molar-refractivity contribution in [1.82, 2.24) is 14.4 Å². The van der Waals surface area contributed by atoms with Crippen LogP contribution in [-0.2, 0) is 10.0 Å². The van der Waals surface area contributed by atoms with Gasteiger partial charge in [0.2, 0.25) is 10.0 Å². The molecule has 0 fully saturated rings. The summed E-state index contributed by atoms with van der Waals surface area (Å²) in [6.45, 7) is 7.03. The number of anilines is 2. The molecule has 3 atom stereocenters. The van der Waals surface area contributed by atoms with Gasteiger partial charge in [-0.15, -0.1) is 0 Å². The topological polar surface area (TPSA) is 154 Å². The highest BCUT2D eigenvalue weighted by Crippen LogP contribution is 2.31. The van der Waals surface area contributed by atoms with E-state index in [0.29, 0.717) is 22.8 Å². The molecule has 3 N–H and O–H groups in total. The van der Waals surface area contributed by atoms with E-state index in [0.717, 1.165) is 6.26 Å². The number of benzene rings is 1. The summed E-state index contributed by atoms with van der Waals surface area (Å²) in [5.74, 6) is 0.101. The first-order chi connectivity index (χ1) is 16.8. The molecule has 12 nitrogen and oxygen atoms in total. The zero-order chi connectivity index (χ0) is 26.8. The number of aryl methyl sites for hydroxylation is 2. The largest absolute Gasteiger partial charge is 0.488 e. The second-order valence-electron chi connectivity index (χ2n) is 9.16. The maximum absolute atomic E-state index is 13.5. The molecule has 1 aliphatic heterocycles. The summed E-state index contributed by atoms with van der Waals surface area (Å²) in [5.41, 5.74) is 1.50. The molecule has 1 aliphatic rings. The molecule has 3 rings (SSSR count). The van der Waals surface area contributed by atoms with Crippen molar-refractivity contribution in [3.8, 4) is 5.75 Å². The minimum Gasteiger partial charge on any atom is -0.488 e. The number of nitrogens with zero attached hydrogens (tertiary/aromatic N) is 3. The number of aliphatic hydroxyl groups is 1. The number of hydrogen-bond donors (Lipinski definition) is 3. The molecule has 13 heteroatoms. The zero-order valence-corrected chi connectivity index (χ0v) is 22.0. The molecule has 0 unspecified atom stereocenters. The molecule has 36 heavy (non-hydrogen) atoms. The van der Waals surface area contributed by atoms with Gasteiger partial charge >= 0.3 is 6.03 Å². The molecule has 0 saturated heterocycles. The predicted molar refractivity (Wildman–Crippen MR) is 134 cm³/mol. The third kappa shape index (κ3) is 6.15. The fraction of sp³-hybridized carbons (Fsp3) is 0.522. The number of hydrogen-bond acceptors (Lipinski definition) is 8. The van der Waals surface area contributed by atoms with E-state index in [4.69, 9.17) is 9.26 Å². The second-order valence-corrected chi connectivity index (χ2v) is 11.2. The highest BCUT2D eigenvalue weighted by Gasteiger charge is 2.34. The van der Waals surface area contributed by atoms with Crippen LogP contribution in [-0.4, -0.2) is 85.0 Å². The van der Waals surface area contributed by atoms with Gasteiger partial charge in [0.25, 0.3) is 5.91 Å². The van der Waals surface area contributed by atoms with Crippen LogP contribution in [0.1, 0.15) is 35.7 Å². The lowest BCUT2D eigenvalue weighted by Gasteiger charge is -2.38. The van der Waals surface area contributed by atoms with Gasteiger partial charge in [0.15, 0.2) is 5.76 Å². The van der Waals surface area contributed by atoms with Crippen LogP contribution in [0, 0.1) is 19.8 Å². The highest BCUT2D eigenvalue weighted by molar-refractivity contribution is 7.88. The summed E-state index contributed by atoms with van der Waals surface area (Å²) < 4.78 is 36.4. The Morgan fingerprint density at radius 3 is 2.61 bits per heavy atom. The number of likely N-dealkylation sites (N-methyl/N-ethyl adjacent to an activating group) is 1. The number of aliphatic hydroxyl groups excluding tert-OH is 1. The van der Waals surface area contributed by atoms with Crippen molar-refractivity contribution in [3.05, 3.63) is 35.2 Å². The number of nitrogens with one attached hydrogen (secondary N) is 2. The predicted octanol–water partition coefficient (Wildman–Crippen LogP) is 2.05. The van der Waals surface area contributed by atoms with Gasteiger partial charge in [-0.25, -0.2) is 17.5 Å². The fourth-order valence-corrected chi connectivity index (χ4v) is 4.26. The van der Waals surface area contributed by atoms with Crippen molar-refractivity contribution < 1.29 is 32.4 Å². The van der Waals surface area contributed by atoms with Gasteiger partial charge in [0.05, 0.1) is 31.0 Å². The molecule has 0 bridgehead atoms. The van der Waals surface area contributed by atoms with E-state index in [2.05, 4.69) is 15.8 Å². The molecular weight excluding hydrogens is 490 g/mol. The number of carbonyl (C=O) groups excluding carboxylic acids is 2. The lowest BCUT2D eigenvalue weighted by molar-refractivity contribution is 0.0387. The third-order valence-corrected chi connectivity index (χ3v) is 7.48. The van der Waals surface area contributed by atoms with E-state index in [1.807, 2.05) is 6.92 Å². The Kier molecular flexibility index (Phi) is 8.26. The first-order valence-corrected chi connectivity index (χ1v) is 13.3. The number of fused-ring (bicyclic) bond motifs is 1. The van der Waals surface area contributed by atoms with Gasteiger partial charge in [-0.05, 0) is 39.0 Å². The summed E-state index contributed by atoms with van der Waals surface area (Å²) in [7, 11) is -1.98. The average Bonchev–Trinajstić information content (AvgIpc) is 3.12. The molecule has 0 aliphatic carbocycles. The third-order valence-electron chi connectivity index (χ3n) is 6.20. The van der Waals surface area contributed by atoms with Crippen molar-refractivity contribution in [2.75, 3.05) is 43.6 Å². The molecule has 1 aromatic carbocycles. The van der Waals surface area contributed by atoms with Crippen LogP contribution in [0.3, 0.4) is 0 Å². The Bertz CT molecular complexity index is 1210. The van der Waals surface area contributed by atoms with Crippen LogP contribution in [0.2, 0.25) is 0 Å². The summed E-state index contributed by atoms with van der Waals surface area (Å²) in [6, 6.07) is 3.60. The number of ether oxygens (including phenoxy) is 1. The molecule has 2 heterocycles. The molecule has 2 aromatic rings. The SMILES string of the molecule is Cc1noc(C)c1NC(=O)Nc1ccc2c(c1)C(=O)N([C@H](C)CO)C[C@@H](C)[C@@H](CN(C)S(C)(=O)=O)O2. The minimum atomic E-state index is -3.45. The summed E-state index contributed by atoms with van der Waals surface area (Å²) in [5, 5.41) is 18.9. The maximum atomic E-state index is 13.5. The van der Waals surface area contributed by atoms with Gasteiger partial charge in [0, 0.05) is 25.2 Å². The Morgan fingerprint density at radius 2 is 2.03 bits per heavy atom. The zero-order valence-electron chi connectivity index (χ0n) is 21.2. The highest BCUT2D eigenvalue weighted by atomic mass is 32.2. The monoisotopic (exact) mass is 523 g/mol. The maximum Gasteiger partial charge on any atom is 0.323 e. The molecular formula is C23H33N5O7S. The van der Waals surface area contributed by atoms with E-state index >= 15 is 0 Å². The van der Waals surface area contributed by atoms with Crippen molar-refractivity contribution in [2.45, 2.75) is 39.8 Å². The number of carbonyl (C=O) groups is 2. The molecule has 0 radical (unpaired) electrons. The lowest BCUT2D eigenvalue weighted by atomic mass is 9.99. The minimum absolute atomic E-state index is 0.0782. The van der Waals surface area contributed by atoms with Gasteiger partial charge in [-0.1, -0.05) is 12.1 Å². The quantitative estimate of drug-likeness (QED) is 0.498. The Balaban J connectivity index is 1.92. The van der Waals surface area contributed by atoms with Crippen molar-refractivity contribution in [2.24, 2.45) is 5.92 Å². The summed E-state index contributed by atoms with van der Waals surface area (Å²) in [6.07, 6.45) is 0.552. The molecule has 1 aromatic heterocycles. The summed E-state index contributed by atoms with van der Waals surface area (Å²) in [4.78, 5) is 27.6.